The molecule has 0 heterocycles. The molecule has 1 aromatic rings. The first-order valence-corrected chi connectivity index (χ1v) is 5.49. The Kier molecular flexibility index (Phi) is 4.06. The van der Waals surface area contributed by atoms with Crippen LogP contribution in [0.25, 0.3) is 0 Å². The molecule has 0 saturated heterocycles. The molecule has 5 heteroatoms. The summed E-state index contributed by atoms with van der Waals surface area (Å²) in [5, 5.41) is 9.29. The molecule has 0 fully saturated rings. The van der Waals surface area contributed by atoms with Crippen LogP contribution in [0.3, 0.4) is 0 Å². The van der Waals surface area contributed by atoms with Crippen LogP contribution < -0.4 is 0 Å². The van der Waals surface area contributed by atoms with Crippen molar-refractivity contribution in [2.75, 3.05) is 7.05 Å². The van der Waals surface area contributed by atoms with E-state index in [0.29, 0.717) is 5.56 Å². The fourth-order valence-corrected chi connectivity index (χ4v) is 1.73. The van der Waals surface area contributed by atoms with Crippen molar-refractivity contribution in [2.24, 2.45) is 0 Å². The quantitative estimate of drug-likeness (QED) is 0.888. The third kappa shape index (κ3) is 2.85. The highest BCUT2D eigenvalue weighted by atomic mass is 19.1. The molecule has 0 aliphatic heterocycles. The van der Waals surface area contributed by atoms with Gasteiger partial charge in [0.05, 0.1) is 0 Å². The van der Waals surface area contributed by atoms with Gasteiger partial charge in [-0.15, -0.1) is 0 Å². The lowest BCUT2D eigenvalue weighted by atomic mass is 9.91. The SMILES string of the molecule is CC(=O)N(C)C(C)(Cc1cccc(F)c1)C(=O)O. The Morgan fingerprint density at radius 2 is 2.06 bits per heavy atom. The highest BCUT2D eigenvalue weighted by molar-refractivity contribution is 5.85. The first kappa shape index (κ1) is 14.2. The minimum absolute atomic E-state index is 0.0518. The molecule has 0 radical (unpaired) electrons. The predicted molar refractivity (Wildman–Crippen MR) is 64.6 cm³/mol. The molecular weight excluding hydrogens is 237 g/mol. The normalized spacial score (nSPS) is 13.8. The number of amides is 1. The van der Waals surface area contributed by atoms with Crippen molar-refractivity contribution in [1.29, 1.82) is 0 Å². The molecule has 1 rings (SSSR count). The number of hydrogen-bond acceptors (Lipinski definition) is 2. The van der Waals surface area contributed by atoms with Crippen molar-refractivity contribution >= 4 is 11.9 Å². The van der Waals surface area contributed by atoms with Gasteiger partial charge in [0.15, 0.2) is 0 Å². The smallest absolute Gasteiger partial charge is 0.329 e. The van der Waals surface area contributed by atoms with Crippen LogP contribution in [0.5, 0.6) is 0 Å². The van der Waals surface area contributed by atoms with E-state index in [2.05, 4.69) is 0 Å². The van der Waals surface area contributed by atoms with Crippen LogP contribution in [0.4, 0.5) is 4.39 Å². The molecule has 18 heavy (non-hydrogen) atoms. The van der Waals surface area contributed by atoms with E-state index >= 15 is 0 Å². The molecule has 0 spiro atoms. The predicted octanol–water partition coefficient (Wildman–Crippen LogP) is 1.69. The lowest BCUT2D eigenvalue weighted by Gasteiger charge is -2.34. The lowest BCUT2D eigenvalue weighted by molar-refractivity contribution is -0.155. The topological polar surface area (TPSA) is 57.6 Å². The zero-order valence-corrected chi connectivity index (χ0v) is 10.6. The van der Waals surface area contributed by atoms with E-state index in [9.17, 15) is 19.1 Å². The van der Waals surface area contributed by atoms with Crippen LogP contribution in [-0.2, 0) is 16.0 Å². The van der Waals surface area contributed by atoms with Crippen LogP contribution in [0, 0.1) is 5.82 Å². The Balaban J connectivity index is 3.07. The monoisotopic (exact) mass is 253 g/mol. The third-order valence-electron chi connectivity index (χ3n) is 3.11. The molecule has 1 unspecified atom stereocenters. The number of benzene rings is 1. The minimum atomic E-state index is -1.39. The van der Waals surface area contributed by atoms with Gasteiger partial charge in [-0.3, -0.25) is 4.79 Å². The molecule has 98 valence electrons. The molecule has 0 bridgehead atoms. The Hall–Kier alpha value is -1.91. The summed E-state index contributed by atoms with van der Waals surface area (Å²) in [5.74, 6) is -1.90. The van der Waals surface area contributed by atoms with Crippen molar-refractivity contribution in [3.63, 3.8) is 0 Å². The number of halogens is 1. The zero-order valence-electron chi connectivity index (χ0n) is 10.6. The zero-order chi connectivity index (χ0) is 13.9. The lowest BCUT2D eigenvalue weighted by Crippen LogP contribution is -2.54. The number of likely N-dealkylation sites (N-methyl/N-ethyl adjacent to an activating group) is 1. The van der Waals surface area contributed by atoms with Crippen LogP contribution in [0.2, 0.25) is 0 Å². The summed E-state index contributed by atoms with van der Waals surface area (Å²) in [4.78, 5) is 23.9. The summed E-state index contributed by atoms with van der Waals surface area (Å²) in [7, 11) is 1.43. The van der Waals surface area contributed by atoms with Gasteiger partial charge in [0, 0.05) is 20.4 Å². The van der Waals surface area contributed by atoms with Gasteiger partial charge in [0.1, 0.15) is 11.4 Å². The summed E-state index contributed by atoms with van der Waals surface area (Å²) in [5.41, 5.74) is -0.854. The minimum Gasteiger partial charge on any atom is -0.479 e. The number of carbonyl (C=O) groups excluding carboxylic acids is 1. The summed E-state index contributed by atoms with van der Waals surface area (Å²) in [6.07, 6.45) is 0.0518. The second-order valence-electron chi connectivity index (χ2n) is 4.46. The molecule has 1 N–H and O–H groups in total. The average Bonchev–Trinajstić information content (AvgIpc) is 2.27. The molecule has 0 saturated carbocycles. The van der Waals surface area contributed by atoms with Crippen molar-refractivity contribution in [3.05, 3.63) is 35.6 Å². The van der Waals surface area contributed by atoms with Gasteiger partial charge in [0.25, 0.3) is 0 Å². The molecule has 1 amide bonds. The first-order valence-electron chi connectivity index (χ1n) is 5.49. The molecule has 0 aromatic heterocycles. The van der Waals surface area contributed by atoms with Crippen molar-refractivity contribution in [1.82, 2.24) is 4.90 Å². The number of rotatable bonds is 4. The highest BCUT2D eigenvalue weighted by Gasteiger charge is 2.39. The molecule has 4 nitrogen and oxygen atoms in total. The Morgan fingerprint density at radius 1 is 1.44 bits per heavy atom. The number of hydrogen-bond donors (Lipinski definition) is 1. The van der Waals surface area contributed by atoms with Crippen LogP contribution in [0.1, 0.15) is 19.4 Å². The molecule has 1 aromatic carbocycles. The van der Waals surface area contributed by atoms with E-state index in [4.69, 9.17) is 0 Å². The van der Waals surface area contributed by atoms with Crippen molar-refractivity contribution < 1.29 is 19.1 Å². The van der Waals surface area contributed by atoms with Crippen molar-refractivity contribution in [2.45, 2.75) is 25.8 Å². The van der Waals surface area contributed by atoms with Gasteiger partial charge in [0.2, 0.25) is 5.91 Å². The summed E-state index contributed by atoms with van der Waals surface area (Å²) in [6, 6.07) is 5.71. The summed E-state index contributed by atoms with van der Waals surface area (Å²) < 4.78 is 13.1. The first-order chi connectivity index (χ1) is 8.27. The number of carboxylic acids is 1. The standard InChI is InChI=1S/C13H16FNO3/c1-9(16)15(3)13(2,12(17)18)8-10-5-4-6-11(14)7-10/h4-7H,8H2,1-3H3,(H,17,18). The number of carbonyl (C=O) groups is 2. The summed E-state index contributed by atoms with van der Waals surface area (Å²) >= 11 is 0. The fourth-order valence-electron chi connectivity index (χ4n) is 1.73. The van der Waals surface area contributed by atoms with E-state index in [1.165, 1.54) is 39.1 Å². The maximum absolute atomic E-state index is 13.1. The molecular formula is C13H16FNO3. The molecule has 1 atom stereocenters. The Bertz CT molecular complexity index is 475. The highest BCUT2D eigenvalue weighted by Crippen LogP contribution is 2.21. The largest absolute Gasteiger partial charge is 0.479 e. The van der Waals surface area contributed by atoms with Gasteiger partial charge in [-0.05, 0) is 24.6 Å². The maximum atomic E-state index is 13.1. The van der Waals surface area contributed by atoms with Crippen LogP contribution in [0.15, 0.2) is 24.3 Å². The molecule has 0 aliphatic carbocycles. The van der Waals surface area contributed by atoms with Gasteiger partial charge in [-0.25, -0.2) is 9.18 Å². The fraction of sp³-hybridized carbons (Fsp3) is 0.385. The van der Waals surface area contributed by atoms with Crippen molar-refractivity contribution in [3.8, 4) is 0 Å². The number of carboxylic acid groups (broad SMARTS) is 1. The second-order valence-corrected chi connectivity index (χ2v) is 4.46. The van der Waals surface area contributed by atoms with E-state index in [-0.39, 0.29) is 12.3 Å². The third-order valence-corrected chi connectivity index (χ3v) is 3.11. The number of aliphatic carboxylic acids is 1. The van der Waals surface area contributed by atoms with Gasteiger partial charge in [-0.2, -0.15) is 0 Å². The average molecular weight is 253 g/mol. The van der Waals surface area contributed by atoms with Gasteiger partial charge >= 0.3 is 5.97 Å². The Labute approximate surface area is 105 Å². The van der Waals surface area contributed by atoms with E-state index in [1.54, 1.807) is 6.07 Å². The van der Waals surface area contributed by atoms with Crippen LogP contribution >= 0.6 is 0 Å². The van der Waals surface area contributed by atoms with E-state index < -0.39 is 17.3 Å². The number of nitrogens with zero attached hydrogens (tertiary/aromatic N) is 1. The second kappa shape index (κ2) is 5.16. The maximum Gasteiger partial charge on any atom is 0.329 e. The Morgan fingerprint density at radius 3 is 2.50 bits per heavy atom. The van der Waals surface area contributed by atoms with Gasteiger partial charge in [-0.1, -0.05) is 12.1 Å². The molecule has 0 aliphatic rings. The van der Waals surface area contributed by atoms with E-state index in [0.717, 1.165) is 4.90 Å². The van der Waals surface area contributed by atoms with E-state index in [1.807, 2.05) is 0 Å². The summed E-state index contributed by atoms with van der Waals surface area (Å²) in [6.45, 7) is 2.74. The van der Waals surface area contributed by atoms with Gasteiger partial charge < -0.3 is 10.0 Å². The van der Waals surface area contributed by atoms with Crippen LogP contribution in [-0.4, -0.2) is 34.5 Å².